The SMILES string of the molecule is c1ccc(NC2CCN(Cc3ccncc3)CC2)cc1. The molecule has 1 aliphatic heterocycles. The van der Waals surface area contributed by atoms with Gasteiger partial charge in [0.05, 0.1) is 0 Å². The van der Waals surface area contributed by atoms with Crippen LogP contribution in [0.3, 0.4) is 0 Å². The first-order valence-corrected chi connectivity index (χ1v) is 7.33. The maximum absolute atomic E-state index is 4.07. The lowest BCUT2D eigenvalue weighted by molar-refractivity contribution is 0.211. The van der Waals surface area contributed by atoms with Crippen molar-refractivity contribution in [3.63, 3.8) is 0 Å². The molecule has 1 aromatic carbocycles. The molecule has 0 amide bonds. The van der Waals surface area contributed by atoms with Crippen LogP contribution in [0.1, 0.15) is 18.4 Å². The van der Waals surface area contributed by atoms with Crippen molar-refractivity contribution in [1.82, 2.24) is 9.88 Å². The zero-order valence-corrected chi connectivity index (χ0v) is 11.7. The Bertz CT molecular complexity index is 455. The van der Waals surface area contributed by atoms with Gasteiger partial charge in [-0.25, -0.2) is 0 Å². The molecule has 1 aliphatic rings. The first-order chi connectivity index (χ1) is 9.90. The number of nitrogens with zero attached hydrogens (tertiary/aromatic N) is 2. The summed E-state index contributed by atoms with van der Waals surface area (Å²) in [4.78, 5) is 6.60. The van der Waals surface area contributed by atoms with Crippen molar-refractivity contribution in [2.75, 3.05) is 18.4 Å². The molecule has 2 aromatic rings. The maximum atomic E-state index is 4.07. The van der Waals surface area contributed by atoms with Gasteiger partial charge in [-0.05, 0) is 42.7 Å². The molecule has 1 fully saturated rings. The number of rotatable bonds is 4. The predicted octanol–water partition coefficient (Wildman–Crippen LogP) is 3.16. The fourth-order valence-corrected chi connectivity index (χ4v) is 2.75. The fourth-order valence-electron chi connectivity index (χ4n) is 2.75. The zero-order valence-electron chi connectivity index (χ0n) is 11.7. The Morgan fingerprint density at radius 3 is 2.40 bits per heavy atom. The summed E-state index contributed by atoms with van der Waals surface area (Å²) in [6, 6.07) is 15.3. The van der Waals surface area contributed by atoms with E-state index < -0.39 is 0 Å². The number of pyridine rings is 1. The van der Waals surface area contributed by atoms with Crippen LogP contribution < -0.4 is 5.32 Å². The van der Waals surface area contributed by atoms with Crippen LogP contribution >= 0.6 is 0 Å². The van der Waals surface area contributed by atoms with Gasteiger partial charge in [-0.15, -0.1) is 0 Å². The minimum absolute atomic E-state index is 0.603. The molecule has 0 spiro atoms. The van der Waals surface area contributed by atoms with Gasteiger partial charge < -0.3 is 5.32 Å². The topological polar surface area (TPSA) is 28.2 Å². The molecule has 0 bridgehead atoms. The number of piperidine rings is 1. The molecule has 3 nitrogen and oxygen atoms in total. The summed E-state index contributed by atoms with van der Waals surface area (Å²) in [7, 11) is 0. The zero-order chi connectivity index (χ0) is 13.6. The Morgan fingerprint density at radius 2 is 1.70 bits per heavy atom. The van der Waals surface area contributed by atoms with E-state index in [1.165, 1.54) is 24.1 Å². The summed E-state index contributed by atoms with van der Waals surface area (Å²) < 4.78 is 0. The molecule has 0 aliphatic carbocycles. The molecule has 0 unspecified atom stereocenters. The van der Waals surface area contributed by atoms with Gasteiger partial charge in [0.2, 0.25) is 0 Å². The first-order valence-electron chi connectivity index (χ1n) is 7.33. The molecule has 1 saturated heterocycles. The smallest absolute Gasteiger partial charge is 0.0342 e. The molecule has 0 saturated carbocycles. The van der Waals surface area contributed by atoms with Gasteiger partial charge in [0, 0.05) is 43.8 Å². The van der Waals surface area contributed by atoms with E-state index in [2.05, 4.69) is 57.7 Å². The first kappa shape index (κ1) is 13.1. The van der Waals surface area contributed by atoms with Crippen molar-refractivity contribution in [1.29, 1.82) is 0 Å². The summed E-state index contributed by atoms with van der Waals surface area (Å²) in [5.74, 6) is 0. The minimum atomic E-state index is 0.603. The highest BCUT2D eigenvalue weighted by atomic mass is 15.1. The van der Waals surface area contributed by atoms with Crippen molar-refractivity contribution in [3.8, 4) is 0 Å². The van der Waals surface area contributed by atoms with Gasteiger partial charge in [-0.1, -0.05) is 18.2 Å². The lowest BCUT2D eigenvalue weighted by Crippen LogP contribution is -2.38. The van der Waals surface area contributed by atoms with E-state index in [0.717, 1.165) is 19.6 Å². The highest BCUT2D eigenvalue weighted by Crippen LogP contribution is 2.17. The highest BCUT2D eigenvalue weighted by Gasteiger charge is 2.18. The number of benzene rings is 1. The molecular weight excluding hydrogens is 246 g/mol. The van der Waals surface area contributed by atoms with Crippen LogP contribution in [0.15, 0.2) is 54.9 Å². The average Bonchev–Trinajstić information content (AvgIpc) is 2.51. The normalized spacial score (nSPS) is 17.0. The third kappa shape index (κ3) is 3.58. The summed E-state index contributed by atoms with van der Waals surface area (Å²) in [5, 5.41) is 3.63. The van der Waals surface area contributed by atoms with E-state index >= 15 is 0 Å². The maximum Gasteiger partial charge on any atom is 0.0342 e. The summed E-state index contributed by atoms with van der Waals surface area (Å²) in [6.45, 7) is 3.36. The monoisotopic (exact) mass is 267 g/mol. The number of likely N-dealkylation sites (tertiary alicyclic amines) is 1. The highest BCUT2D eigenvalue weighted by molar-refractivity contribution is 5.43. The van der Waals surface area contributed by atoms with Crippen molar-refractivity contribution >= 4 is 5.69 Å². The number of hydrogen-bond acceptors (Lipinski definition) is 3. The molecule has 2 heterocycles. The number of hydrogen-bond donors (Lipinski definition) is 1. The summed E-state index contributed by atoms with van der Waals surface area (Å²) in [6.07, 6.45) is 6.16. The van der Waals surface area contributed by atoms with Gasteiger partial charge >= 0.3 is 0 Å². The van der Waals surface area contributed by atoms with E-state index in [4.69, 9.17) is 0 Å². The van der Waals surface area contributed by atoms with Crippen LogP contribution in [-0.2, 0) is 6.54 Å². The van der Waals surface area contributed by atoms with Crippen LogP contribution in [0.25, 0.3) is 0 Å². The standard InChI is InChI=1S/C17H21N3/c1-2-4-16(5-3-1)19-17-8-12-20(13-9-17)14-15-6-10-18-11-7-15/h1-7,10-11,17,19H,8-9,12-14H2. The van der Waals surface area contributed by atoms with Crippen LogP contribution in [0.4, 0.5) is 5.69 Å². The van der Waals surface area contributed by atoms with Gasteiger partial charge in [-0.2, -0.15) is 0 Å². The summed E-state index contributed by atoms with van der Waals surface area (Å²) >= 11 is 0. The van der Waals surface area contributed by atoms with E-state index in [1.807, 2.05) is 12.4 Å². The second kappa shape index (κ2) is 6.53. The largest absolute Gasteiger partial charge is 0.382 e. The van der Waals surface area contributed by atoms with Crippen molar-refractivity contribution in [2.45, 2.75) is 25.4 Å². The lowest BCUT2D eigenvalue weighted by Gasteiger charge is -2.32. The van der Waals surface area contributed by atoms with Crippen LogP contribution in [0.5, 0.6) is 0 Å². The quantitative estimate of drug-likeness (QED) is 0.922. The second-order valence-electron chi connectivity index (χ2n) is 5.42. The van der Waals surface area contributed by atoms with E-state index in [-0.39, 0.29) is 0 Å². The second-order valence-corrected chi connectivity index (χ2v) is 5.42. The van der Waals surface area contributed by atoms with Crippen LogP contribution in [-0.4, -0.2) is 29.0 Å². The molecule has 3 rings (SSSR count). The van der Waals surface area contributed by atoms with Gasteiger partial charge in [0.25, 0.3) is 0 Å². The molecule has 20 heavy (non-hydrogen) atoms. The number of para-hydroxylation sites is 1. The van der Waals surface area contributed by atoms with Crippen LogP contribution in [0, 0.1) is 0 Å². The molecule has 1 N–H and O–H groups in total. The predicted molar refractivity (Wildman–Crippen MR) is 82.6 cm³/mol. The molecule has 1 aromatic heterocycles. The Labute approximate surface area is 120 Å². The number of nitrogens with one attached hydrogen (secondary N) is 1. The fraction of sp³-hybridized carbons (Fsp3) is 0.353. The van der Waals surface area contributed by atoms with Crippen molar-refractivity contribution < 1.29 is 0 Å². The Morgan fingerprint density at radius 1 is 1.00 bits per heavy atom. The van der Waals surface area contributed by atoms with Gasteiger partial charge in [-0.3, -0.25) is 9.88 Å². The third-order valence-corrected chi connectivity index (χ3v) is 3.89. The molecular formula is C17H21N3. The van der Waals surface area contributed by atoms with Gasteiger partial charge in [0.1, 0.15) is 0 Å². The number of aromatic nitrogens is 1. The van der Waals surface area contributed by atoms with E-state index in [1.54, 1.807) is 0 Å². The van der Waals surface area contributed by atoms with Crippen LogP contribution in [0.2, 0.25) is 0 Å². The van der Waals surface area contributed by atoms with Gasteiger partial charge in [0.15, 0.2) is 0 Å². The van der Waals surface area contributed by atoms with Crippen molar-refractivity contribution in [3.05, 3.63) is 60.4 Å². The Hall–Kier alpha value is -1.87. The summed E-state index contributed by atoms with van der Waals surface area (Å²) in [5.41, 5.74) is 2.59. The molecule has 0 atom stereocenters. The lowest BCUT2D eigenvalue weighted by atomic mass is 10.0. The Balaban J connectivity index is 1.47. The third-order valence-electron chi connectivity index (χ3n) is 3.89. The minimum Gasteiger partial charge on any atom is -0.382 e. The van der Waals surface area contributed by atoms with E-state index in [9.17, 15) is 0 Å². The average molecular weight is 267 g/mol. The number of anilines is 1. The molecule has 3 heteroatoms. The molecule has 0 radical (unpaired) electrons. The van der Waals surface area contributed by atoms with E-state index in [0.29, 0.717) is 6.04 Å². The van der Waals surface area contributed by atoms with Crippen molar-refractivity contribution in [2.24, 2.45) is 0 Å². The molecule has 104 valence electrons. The Kier molecular flexibility index (Phi) is 4.28.